The van der Waals surface area contributed by atoms with Gasteiger partial charge in [0.25, 0.3) is 0 Å². The maximum absolute atomic E-state index is 3.36. The highest BCUT2D eigenvalue weighted by atomic mass is 14.7. The Kier molecular flexibility index (Phi) is 90.0. The lowest BCUT2D eigenvalue weighted by Crippen LogP contribution is -2.59. The number of unbranched alkanes of at least 4 members (excludes halogenated alkanes) is 51. The molecule has 0 aliphatic rings. The monoisotopic (exact) mass is 1670 g/mol. The summed E-state index contributed by atoms with van der Waals surface area (Å²) in [4.78, 5) is 0. The second kappa shape index (κ2) is 91.0. The Bertz CT molecular complexity index is 2150. The number of hydrogen-bond donors (Lipinski definition) is 0. The third-order valence-corrected chi connectivity index (χ3v) is 29.8. The predicted molar refractivity (Wildman–Crippen MR) is 555 cm³/mol. The van der Waals surface area contributed by atoms with Crippen molar-refractivity contribution in [1.82, 2.24) is 0 Å². The Hall–Kier alpha value is -1.30. The van der Waals surface area contributed by atoms with E-state index in [1.807, 2.05) is 5.57 Å². The lowest BCUT2D eigenvalue weighted by atomic mass is 9.37. The van der Waals surface area contributed by atoms with Crippen molar-refractivity contribution in [2.24, 2.45) is 45.8 Å². The van der Waals surface area contributed by atoms with Gasteiger partial charge in [-0.05, 0) is 181 Å². The molecule has 0 heteroatoms. The van der Waals surface area contributed by atoms with Gasteiger partial charge in [0.05, 0.1) is 0 Å². The van der Waals surface area contributed by atoms with Crippen molar-refractivity contribution >= 4 is 0 Å². The van der Waals surface area contributed by atoms with Crippen molar-refractivity contribution in [3.63, 3.8) is 0 Å². The Morgan fingerprint density at radius 1 is 0.208 bits per heavy atom. The molecule has 0 spiro atoms. The van der Waals surface area contributed by atoms with E-state index in [0.29, 0.717) is 11.8 Å². The molecule has 120 heavy (non-hydrogen) atoms. The number of rotatable bonds is 99. The van der Waals surface area contributed by atoms with Gasteiger partial charge in [-0.3, -0.25) is 0 Å². The summed E-state index contributed by atoms with van der Waals surface area (Å²) in [6.07, 6.45) is 145. The number of allylic oxidation sites excluding steroid dienone is 10. The molecule has 0 aromatic rings. The van der Waals surface area contributed by atoms with Crippen molar-refractivity contribution < 1.29 is 0 Å². The van der Waals surface area contributed by atoms with E-state index in [9.17, 15) is 0 Å². The summed E-state index contributed by atoms with van der Waals surface area (Å²) in [6, 6.07) is 0. The smallest absolute Gasteiger partial charge is 0.0158 e. The van der Waals surface area contributed by atoms with Gasteiger partial charge >= 0.3 is 0 Å². The molecule has 0 bridgehead atoms. The average Bonchev–Trinajstić information content (AvgIpc) is 0.695. The first kappa shape index (κ1) is 119. The molecule has 8 unspecified atom stereocenters. The van der Waals surface area contributed by atoms with Crippen molar-refractivity contribution in [2.45, 2.75) is 656 Å². The topological polar surface area (TPSA) is 0 Å². The zero-order valence-corrected chi connectivity index (χ0v) is 86.4. The molecule has 8 atom stereocenters. The first-order valence-corrected chi connectivity index (χ1v) is 57.2. The quantitative estimate of drug-likeness (QED) is 0.0421. The summed E-state index contributed by atoms with van der Waals surface area (Å²) in [5.41, 5.74) is 1.90. The molecule has 0 aromatic carbocycles. The fourth-order valence-electron chi connectivity index (χ4n) is 22.8. The van der Waals surface area contributed by atoms with E-state index in [2.05, 4.69) is 164 Å². The lowest BCUT2D eigenvalue weighted by molar-refractivity contribution is -0.0966. The van der Waals surface area contributed by atoms with Crippen LogP contribution < -0.4 is 0 Å². The molecule has 0 aromatic heterocycles. The van der Waals surface area contributed by atoms with Crippen LogP contribution in [-0.4, -0.2) is 0 Å². The summed E-state index contributed by atoms with van der Waals surface area (Å²) in [6.45, 7) is 37.7. The van der Waals surface area contributed by atoms with Crippen LogP contribution >= 0.6 is 0 Å². The van der Waals surface area contributed by atoms with Gasteiger partial charge in [-0.2, -0.15) is 0 Å². The molecule has 0 amide bonds. The van der Waals surface area contributed by atoms with Crippen LogP contribution in [0.4, 0.5) is 0 Å². The zero-order chi connectivity index (χ0) is 87.7. The fraction of sp³-hybridized carbons (Fsp3) is 0.908. The van der Waals surface area contributed by atoms with E-state index in [1.165, 1.54) is 552 Å². The lowest BCUT2D eigenvalue weighted by Gasteiger charge is -2.66. The summed E-state index contributed by atoms with van der Waals surface area (Å²) < 4.78 is 0. The molecule has 0 saturated heterocycles. The van der Waals surface area contributed by atoms with Gasteiger partial charge in [0.1, 0.15) is 0 Å². The van der Waals surface area contributed by atoms with E-state index in [1.54, 1.807) is 0 Å². The molecular formula is C120H231. The molecule has 0 rings (SSSR count). The van der Waals surface area contributed by atoms with Crippen LogP contribution in [-0.2, 0) is 0 Å². The summed E-state index contributed by atoms with van der Waals surface area (Å²) in [5, 5.41) is 0. The van der Waals surface area contributed by atoms with Gasteiger partial charge in [0.2, 0.25) is 0 Å². The standard InChI is InChI=1S/C120H231/c1-16-31-41-46-51-55-59-63-67-72-77-87-102-117(107-112(92-27-12)97-82-37-22-7)119(109-114(94-29-14)99-84-39-24-9,104-89-79-74-69-65-61-57-53-48-43-33-18-3)120(110-115(95-30-15)100-85-40-25-10,105-90-80-75-70-66-62-58-54-49-44-34-19-4)118(108-113(93-28-13)98-83-38-23-8,103-88-78-73-68-64-60-56-52-47-42-32-17-2)116(101-86-76-71-50-45-35-20-5)106-111(91-26-11)96-81-36-21-6/h67,72,74,79-80,88,90,101,103,111-115H,16-66,68-71,73,75-78,81-87,89,91-100,102,104-110H2,1-15H3. The van der Waals surface area contributed by atoms with Gasteiger partial charge in [-0.15, -0.1) is 0 Å². The highest BCUT2D eigenvalue weighted by molar-refractivity contribution is 5.36. The largest absolute Gasteiger partial charge is 0.0885 e. The predicted octanol–water partition coefficient (Wildman–Crippen LogP) is 44.6. The molecule has 1 radical (unpaired) electrons. The zero-order valence-electron chi connectivity index (χ0n) is 86.4. The average molecular weight is 1670 g/mol. The second-order valence-electron chi connectivity index (χ2n) is 41.0. The van der Waals surface area contributed by atoms with Crippen molar-refractivity contribution in [2.75, 3.05) is 0 Å². The molecule has 0 aliphatic carbocycles. The third-order valence-electron chi connectivity index (χ3n) is 29.8. The van der Waals surface area contributed by atoms with Crippen LogP contribution in [0.3, 0.4) is 0 Å². The fourth-order valence-corrected chi connectivity index (χ4v) is 22.8. The van der Waals surface area contributed by atoms with Crippen molar-refractivity contribution in [3.05, 3.63) is 66.2 Å². The first-order valence-electron chi connectivity index (χ1n) is 57.2. The molecular weight excluding hydrogens is 1440 g/mol. The van der Waals surface area contributed by atoms with E-state index >= 15 is 0 Å². The normalized spacial score (nSPS) is 15.3. The minimum atomic E-state index is -0.111. The van der Waals surface area contributed by atoms with Gasteiger partial charge in [-0.1, -0.05) is 581 Å². The van der Waals surface area contributed by atoms with E-state index in [0.717, 1.165) is 17.8 Å². The Labute approximate surface area is 763 Å². The number of hydrogen-bond acceptors (Lipinski definition) is 0. The van der Waals surface area contributed by atoms with E-state index in [-0.39, 0.29) is 16.2 Å². The summed E-state index contributed by atoms with van der Waals surface area (Å²) >= 11 is 0. The van der Waals surface area contributed by atoms with Gasteiger partial charge in [0.15, 0.2) is 0 Å². The van der Waals surface area contributed by atoms with Crippen LogP contribution in [0.2, 0.25) is 0 Å². The summed E-state index contributed by atoms with van der Waals surface area (Å²) in [7, 11) is 0. The van der Waals surface area contributed by atoms with Crippen molar-refractivity contribution in [3.8, 4) is 0 Å². The minimum Gasteiger partial charge on any atom is -0.0885 e. The molecule has 0 heterocycles. The van der Waals surface area contributed by atoms with E-state index < -0.39 is 0 Å². The van der Waals surface area contributed by atoms with Crippen LogP contribution in [0, 0.1) is 51.8 Å². The maximum atomic E-state index is 3.36. The van der Waals surface area contributed by atoms with Crippen LogP contribution in [0.15, 0.2) is 60.3 Å². The van der Waals surface area contributed by atoms with Gasteiger partial charge in [-0.25, -0.2) is 0 Å². The SMILES string of the molecule is CCCCCCCCC=C(CC(CCC)CCCCC)C(C=CCCCCCCCCCCCC)(CC(CCC)CCCCC)C(CC=CCCCCCCCCCCC)(CC(CCC)CCCCC)C(CCC=CCCCCCCCCCC)(CC(CCC)CCCCC)[C](CCCC=CCCCCCCCCC)CC(CCC)CCCCC. The Morgan fingerprint density at radius 3 is 0.833 bits per heavy atom. The maximum Gasteiger partial charge on any atom is 0.0158 e. The highest BCUT2D eigenvalue weighted by Gasteiger charge is 2.65. The first-order chi connectivity index (χ1) is 59.1. The van der Waals surface area contributed by atoms with Crippen LogP contribution in [0.25, 0.3) is 0 Å². The highest BCUT2D eigenvalue weighted by Crippen LogP contribution is 2.73. The molecule has 711 valence electrons. The Morgan fingerprint density at radius 2 is 0.475 bits per heavy atom. The molecule has 0 aliphatic heterocycles. The van der Waals surface area contributed by atoms with E-state index in [4.69, 9.17) is 0 Å². The summed E-state index contributed by atoms with van der Waals surface area (Å²) in [5.74, 6) is 5.77. The van der Waals surface area contributed by atoms with Gasteiger partial charge in [0, 0.05) is 5.41 Å². The minimum absolute atomic E-state index is 0.0162. The Balaban J connectivity index is 11.4. The molecule has 0 fully saturated rings. The second-order valence-corrected chi connectivity index (χ2v) is 41.0. The van der Waals surface area contributed by atoms with Crippen LogP contribution in [0.5, 0.6) is 0 Å². The van der Waals surface area contributed by atoms with Crippen molar-refractivity contribution in [1.29, 1.82) is 0 Å². The molecule has 0 saturated carbocycles. The molecule has 0 N–H and O–H groups in total. The van der Waals surface area contributed by atoms with Crippen LogP contribution in [0.1, 0.15) is 656 Å². The van der Waals surface area contributed by atoms with Gasteiger partial charge < -0.3 is 0 Å². The molecule has 0 nitrogen and oxygen atoms in total. The third kappa shape index (κ3) is 61.3.